The summed E-state index contributed by atoms with van der Waals surface area (Å²) in [5.41, 5.74) is 4.64. The molecule has 0 aromatic heterocycles. The first-order valence-electron chi connectivity index (χ1n) is 12.3. The number of alkyl halides is 3. The summed E-state index contributed by atoms with van der Waals surface area (Å²) in [5.74, 6) is -1.45. The number of hydrogen-bond acceptors (Lipinski definition) is 4. The first-order valence-corrected chi connectivity index (χ1v) is 12.3. The van der Waals surface area contributed by atoms with Crippen LogP contribution >= 0.6 is 0 Å². The van der Waals surface area contributed by atoms with Crippen molar-refractivity contribution in [3.8, 4) is 0 Å². The van der Waals surface area contributed by atoms with E-state index >= 15 is 0 Å². The molecule has 9 heteroatoms. The van der Waals surface area contributed by atoms with E-state index in [0.717, 1.165) is 25.7 Å². The molecule has 2 amide bonds. The second-order valence-electron chi connectivity index (χ2n) is 10.6. The van der Waals surface area contributed by atoms with Crippen molar-refractivity contribution in [3.05, 3.63) is 29.3 Å². The molecule has 1 spiro atoms. The van der Waals surface area contributed by atoms with E-state index in [9.17, 15) is 27.9 Å². The molecule has 2 aliphatic carbocycles. The normalized spacial score (nSPS) is 34.1. The van der Waals surface area contributed by atoms with Gasteiger partial charge in [0, 0.05) is 37.3 Å². The van der Waals surface area contributed by atoms with Crippen molar-refractivity contribution >= 4 is 17.5 Å². The third kappa shape index (κ3) is 4.16. The maximum Gasteiger partial charge on any atom is 0.416 e. The first-order chi connectivity index (χ1) is 16.1. The number of halogens is 3. The van der Waals surface area contributed by atoms with Crippen molar-refractivity contribution in [3.63, 3.8) is 0 Å². The number of nitrogens with zero attached hydrogens (tertiary/aromatic N) is 2. The topological polar surface area (TPSA) is 86.9 Å². The van der Waals surface area contributed by atoms with Gasteiger partial charge in [0.25, 0.3) is 0 Å². The first kappa shape index (κ1) is 23.5. The van der Waals surface area contributed by atoms with Crippen molar-refractivity contribution in [2.75, 3.05) is 24.5 Å². The number of likely N-dealkylation sites (tertiary alicyclic amines) is 1. The van der Waals surface area contributed by atoms with E-state index in [-0.39, 0.29) is 23.6 Å². The fourth-order valence-corrected chi connectivity index (χ4v) is 6.46. The van der Waals surface area contributed by atoms with Crippen LogP contribution in [0, 0.1) is 11.3 Å². The molecule has 5 rings (SSSR count). The lowest BCUT2D eigenvalue weighted by molar-refractivity contribution is -0.140. The molecule has 1 aromatic rings. The Hall–Kier alpha value is -2.29. The lowest BCUT2D eigenvalue weighted by Crippen LogP contribution is -2.50. The van der Waals surface area contributed by atoms with Gasteiger partial charge in [0.05, 0.1) is 17.1 Å². The molecular weight excluding hydrogens is 447 g/mol. The predicted molar refractivity (Wildman–Crippen MR) is 120 cm³/mol. The van der Waals surface area contributed by atoms with Gasteiger partial charge in [0.1, 0.15) is 0 Å². The van der Waals surface area contributed by atoms with Crippen LogP contribution in [-0.2, 0) is 15.8 Å². The number of nitrogens with two attached hydrogens (primary N) is 1. The van der Waals surface area contributed by atoms with Gasteiger partial charge in [0.2, 0.25) is 11.8 Å². The molecule has 0 radical (unpaired) electrons. The molecule has 2 aliphatic heterocycles. The highest BCUT2D eigenvalue weighted by molar-refractivity contribution is 5.86. The van der Waals surface area contributed by atoms with Gasteiger partial charge in [-0.3, -0.25) is 9.59 Å². The summed E-state index contributed by atoms with van der Waals surface area (Å²) in [6, 6.07) is 4.52. The van der Waals surface area contributed by atoms with E-state index in [0.29, 0.717) is 51.0 Å². The second-order valence-corrected chi connectivity index (χ2v) is 10.6. The maximum atomic E-state index is 13.9. The zero-order valence-corrected chi connectivity index (χ0v) is 19.2. The molecule has 1 aromatic carbocycles. The third-order valence-corrected chi connectivity index (χ3v) is 8.49. The number of rotatable bonds is 4. The Labute approximate surface area is 197 Å². The van der Waals surface area contributed by atoms with Gasteiger partial charge in [0.15, 0.2) is 0 Å². The zero-order chi connectivity index (χ0) is 24.3. The average Bonchev–Trinajstić information content (AvgIpc) is 3.55. The average molecular weight is 480 g/mol. The van der Waals surface area contributed by atoms with Crippen molar-refractivity contribution in [1.82, 2.24) is 4.90 Å². The number of piperidine rings is 1. The van der Waals surface area contributed by atoms with Crippen molar-refractivity contribution in [2.24, 2.45) is 17.1 Å². The Kier molecular flexibility index (Phi) is 5.81. The monoisotopic (exact) mass is 479 g/mol. The number of aliphatic hydroxyl groups excluding tert-OH is 1. The predicted octanol–water partition coefficient (Wildman–Crippen LogP) is 3.42. The van der Waals surface area contributed by atoms with Gasteiger partial charge in [-0.2, -0.15) is 13.2 Å². The van der Waals surface area contributed by atoms with Gasteiger partial charge in [-0.15, -0.1) is 0 Å². The minimum absolute atomic E-state index is 0.119. The van der Waals surface area contributed by atoms with E-state index in [1.54, 1.807) is 6.07 Å². The van der Waals surface area contributed by atoms with Gasteiger partial charge in [-0.05, 0) is 75.0 Å². The molecule has 3 atom stereocenters. The molecule has 2 saturated heterocycles. The van der Waals surface area contributed by atoms with Gasteiger partial charge in [-0.25, -0.2) is 0 Å². The smallest absolute Gasteiger partial charge is 0.393 e. The number of amides is 2. The highest BCUT2D eigenvalue weighted by atomic mass is 19.4. The van der Waals surface area contributed by atoms with Crippen LogP contribution in [0.15, 0.2) is 18.2 Å². The summed E-state index contributed by atoms with van der Waals surface area (Å²) >= 11 is 0. The van der Waals surface area contributed by atoms with Crippen molar-refractivity contribution in [1.29, 1.82) is 0 Å². The molecule has 2 saturated carbocycles. The molecule has 2 unspecified atom stereocenters. The number of anilines is 1. The minimum Gasteiger partial charge on any atom is -0.393 e. The standard InChI is InChI=1S/C25H32F3N3O3/c26-25(27,28)21-12-16(4-7-18(21)19-13-20(19)22(29)33)30-10-1-8-24(14-30)9-11-31(23(24)34)15-2-5-17(32)6-3-15/h4,7,12,15,17,19-20,32H,1-3,5-6,8-11,13-14H2,(H2,29,33)/t15?,17?,19?,20?,24-/m1/s1. The SMILES string of the molecule is NC(=O)C1CC1c1ccc(N2CCC[C@@]3(CCN(C4CCC(O)CC4)C3=O)C2)cc1C(F)(F)F. The van der Waals surface area contributed by atoms with Crippen LogP contribution in [-0.4, -0.2) is 53.6 Å². The summed E-state index contributed by atoms with van der Waals surface area (Å²) < 4.78 is 41.8. The summed E-state index contributed by atoms with van der Waals surface area (Å²) in [6.45, 7) is 1.70. The number of primary amides is 1. The van der Waals surface area contributed by atoms with E-state index < -0.39 is 34.9 Å². The zero-order valence-electron chi connectivity index (χ0n) is 19.2. The fourth-order valence-electron chi connectivity index (χ4n) is 6.46. The van der Waals surface area contributed by atoms with Crippen LogP contribution in [0.3, 0.4) is 0 Å². The van der Waals surface area contributed by atoms with Crippen LogP contribution in [0.1, 0.15) is 68.4 Å². The lowest BCUT2D eigenvalue weighted by Gasteiger charge is -2.41. The van der Waals surface area contributed by atoms with E-state index in [1.807, 2.05) is 9.80 Å². The van der Waals surface area contributed by atoms with Crippen LogP contribution < -0.4 is 10.6 Å². The minimum atomic E-state index is -4.53. The van der Waals surface area contributed by atoms with Crippen molar-refractivity contribution in [2.45, 2.75) is 75.6 Å². The third-order valence-electron chi connectivity index (χ3n) is 8.49. The molecule has 186 valence electrons. The van der Waals surface area contributed by atoms with Crippen LogP contribution in [0.2, 0.25) is 0 Å². The molecule has 4 aliphatic rings. The van der Waals surface area contributed by atoms with Gasteiger partial charge < -0.3 is 20.6 Å². The van der Waals surface area contributed by atoms with Crippen LogP contribution in [0.5, 0.6) is 0 Å². The van der Waals surface area contributed by atoms with E-state index in [2.05, 4.69) is 0 Å². The quantitative estimate of drug-likeness (QED) is 0.693. The van der Waals surface area contributed by atoms with Crippen LogP contribution in [0.4, 0.5) is 18.9 Å². The number of carbonyl (C=O) groups is 2. The summed E-state index contributed by atoms with van der Waals surface area (Å²) in [7, 11) is 0. The summed E-state index contributed by atoms with van der Waals surface area (Å²) in [6.07, 6.45) is 0.769. The Morgan fingerprint density at radius 1 is 1.12 bits per heavy atom. The largest absolute Gasteiger partial charge is 0.416 e. The Morgan fingerprint density at radius 2 is 1.85 bits per heavy atom. The highest BCUT2D eigenvalue weighted by Crippen LogP contribution is 2.52. The number of aliphatic hydroxyl groups is 1. The molecular formula is C25H32F3N3O3. The summed E-state index contributed by atoms with van der Waals surface area (Å²) in [4.78, 5) is 28.9. The molecule has 4 fully saturated rings. The molecule has 6 nitrogen and oxygen atoms in total. The molecule has 34 heavy (non-hydrogen) atoms. The van der Waals surface area contributed by atoms with Gasteiger partial charge >= 0.3 is 6.18 Å². The number of hydrogen-bond donors (Lipinski definition) is 2. The second kappa shape index (κ2) is 8.43. The Bertz CT molecular complexity index is 976. The fraction of sp³-hybridized carbons (Fsp3) is 0.680. The van der Waals surface area contributed by atoms with E-state index in [1.165, 1.54) is 12.1 Å². The number of carbonyl (C=O) groups excluding carboxylic acids is 2. The Balaban J connectivity index is 1.36. The van der Waals surface area contributed by atoms with Crippen molar-refractivity contribution < 1.29 is 27.9 Å². The summed E-state index contributed by atoms with van der Waals surface area (Å²) in [5, 5.41) is 9.80. The Morgan fingerprint density at radius 3 is 2.50 bits per heavy atom. The highest BCUT2D eigenvalue weighted by Gasteiger charge is 2.51. The lowest BCUT2D eigenvalue weighted by atomic mass is 9.78. The maximum absolute atomic E-state index is 13.9. The van der Waals surface area contributed by atoms with Crippen LogP contribution in [0.25, 0.3) is 0 Å². The molecule has 2 heterocycles. The molecule has 0 bridgehead atoms. The van der Waals surface area contributed by atoms with E-state index in [4.69, 9.17) is 5.73 Å². The van der Waals surface area contributed by atoms with Gasteiger partial charge in [-0.1, -0.05) is 6.07 Å². The molecule has 3 N–H and O–H groups in total. The number of benzene rings is 1.